The van der Waals surface area contributed by atoms with Crippen LogP contribution < -0.4 is 5.73 Å². The molecule has 1 fully saturated rings. The van der Waals surface area contributed by atoms with Gasteiger partial charge in [0.1, 0.15) is 10.6 Å². The fourth-order valence-electron chi connectivity index (χ4n) is 3.12. The molecule has 0 saturated heterocycles. The van der Waals surface area contributed by atoms with Gasteiger partial charge in [-0.3, -0.25) is 0 Å². The van der Waals surface area contributed by atoms with E-state index in [4.69, 9.17) is 15.5 Å². The van der Waals surface area contributed by atoms with E-state index in [9.17, 15) is 0 Å². The van der Waals surface area contributed by atoms with Crippen LogP contribution in [0.3, 0.4) is 0 Å². The largest absolute Gasteiger partial charge is 0.371 e. The van der Waals surface area contributed by atoms with E-state index >= 15 is 0 Å². The molecule has 0 spiro atoms. The predicted octanol–water partition coefficient (Wildman–Crippen LogP) is 3.73. The van der Waals surface area contributed by atoms with Crippen LogP contribution in [0.25, 0.3) is 11.3 Å². The van der Waals surface area contributed by atoms with Gasteiger partial charge in [0.2, 0.25) is 0 Å². The third kappa shape index (κ3) is 2.76. The zero-order chi connectivity index (χ0) is 14.7. The standard InChI is InChI=1S/C17H22N2OS/c1-20-17(10-5-6-11-17)16-19-15(14(21-16)9-12-18)13-7-3-2-4-8-13/h2-4,7-8H,5-6,9-12,18H2,1H3. The van der Waals surface area contributed by atoms with Gasteiger partial charge in [0.15, 0.2) is 0 Å². The molecule has 1 heterocycles. The number of thiazole rings is 1. The molecule has 1 aliphatic rings. The summed E-state index contributed by atoms with van der Waals surface area (Å²) < 4.78 is 5.88. The van der Waals surface area contributed by atoms with E-state index < -0.39 is 0 Å². The summed E-state index contributed by atoms with van der Waals surface area (Å²) in [6.07, 6.45) is 5.48. The van der Waals surface area contributed by atoms with Crippen molar-refractivity contribution in [2.45, 2.75) is 37.7 Å². The molecule has 1 aliphatic carbocycles. The molecular weight excluding hydrogens is 280 g/mol. The summed E-state index contributed by atoms with van der Waals surface area (Å²) in [5.74, 6) is 0. The van der Waals surface area contributed by atoms with Crippen molar-refractivity contribution < 1.29 is 4.74 Å². The summed E-state index contributed by atoms with van der Waals surface area (Å²) in [4.78, 5) is 6.24. The first-order chi connectivity index (χ1) is 10.3. The van der Waals surface area contributed by atoms with E-state index in [1.165, 1.54) is 23.3 Å². The number of nitrogens with zero attached hydrogens (tertiary/aromatic N) is 1. The number of hydrogen-bond acceptors (Lipinski definition) is 4. The van der Waals surface area contributed by atoms with Gasteiger partial charge in [0.25, 0.3) is 0 Å². The highest BCUT2D eigenvalue weighted by Gasteiger charge is 2.39. The summed E-state index contributed by atoms with van der Waals surface area (Å²) in [6.45, 7) is 0.654. The second kappa shape index (κ2) is 6.26. The highest BCUT2D eigenvalue weighted by atomic mass is 32.1. The number of rotatable bonds is 5. The molecule has 0 aliphatic heterocycles. The van der Waals surface area contributed by atoms with Crippen LogP contribution in [-0.2, 0) is 16.8 Å². The molecule has 0 amide bonds. The maximum absolute atomic E-state index is 5.88. The zero-order valence-electron chi connectivity index (χ0n) is 12.5. The normalized spacial score (nSPS) is 17.2. The second-order valence-electron chi connectivity index (χ2n) is 5.60. The van der Waals surface area contributed by atoms with Gasteiger partial charge < -0.3 is 10.5 Å². The maximum Gasteiger partial charge on any atom is 0.126 e. The SMILES string of the molecule is COC1(c2nc(-c3ccccc3)c(CCN)s2)CCCC1. The number of nitrogens with two attached hydrogens (primary N) is 1. The minimum absolute atomic E-state index is 0.166. The predicted molar refractivity (Wildman–Crippen MR) is 87.5 cm³/mol. The molecule has 3 nitrogen and oxygen atoms in total. The first kappa shape index (κ1) is 14.7. The van der Waals surface area contributed by atoms with Crippen LogP contribution in [0.4, 0.5) is 0 Å². The van der Waals surface area contributed by atoms with E-state index in [1.807, 2.05) is 13.2 Å². The molecule has 1 aromatic heterocycles. The molecule has 3 rings (SSSR count). The van der Waals surface area contributed by atoms with Gasteiger partial charge in [-0.25, -0.2) is 4.98 Å². The summed E-state index contributed by atoms with van der Waals surface area (Å²) in [5, 5.41) is 1.13. The van der Waals surface area contributed by atoms with Crippen LogP contribution in [0.15, 0.2) is 30.3 Å². The van der Waals surface area contributed by atoms with E-state index in [0.29, 0.717) is 6.54 Å². The second-order valence-corrected chi connectivity index (χ2v) is 6.68. The van der Waals surface area contributed by atoms with Crippen molar-refractivity contribution in [2.75, 3.05) is 13.7 Å². The number of hydrogen-bond donors (Lipinski definition) is 1. The Morgan fingerprint density at radius 2 is 1.95 bits per heavy atom. The summed E-state index contributed by atoms with van der Waals surface area (Å²) in [5.41, 5.74) is 7.88. The Balaban J connectivity index is 2.04. The van der Waals surface area contributed by atoms with Crippen LogP contribution in [0.2, 0.25) is 0 Å². The molecule has 21 heavy (non-hydrogen) atoms. The number of aromatic nitrogens is 1. The van der Waals surface area contributed by atoms with Gasteiger partial charge >= 0.3 is 0 Å². The van der Waals surface area contributed by atoms with E-state index in [1.54, 1.807) is 11.3 Å². The molecule has 112 valence electrons. The molecule has 0 unspecified atom stereocenters. The van der Waals surface area contributed by atoms with Crippen LogP contribution in [0.5, 0.6) is 0 Å². The van der Waals surface area contributed by atoms with Gasteiger partial charge in [-0.2, -0.15) is 0 Å². The lowest BCUT2D eigenvalue weighted by Gasteiger charge is -2.24. The van der Waals surface area contributed by atoms with Gasteiger partial charge in [-0.05, 0) is 25.8 Å². The van der Waals surface area contributed by atoms with E-state index in [-0.39, 0.29) is 5.60 Å². The van der Waals surface area contributed by atoms with Gasteiger partial charge in [0.05, 0.1) is 5.69 Å². The third-order valence-corrected chi connectivity index (χ3v) is 5.61. The molecule has 0 atom stereocenters. The molecule has 4 heteroatoms. The average molecular weight is 302 g/mol. The first-order valence-electron chi connectivity index (χ1n) is 7.60. The van der Waals surface area contributed by atoms with E-state index in [2.05, 4.69) is 24.3 Å². The van der Waals surface area contributed by atoms with Crippen molar-refractivity contribution in [1.29, 1.82) is 0 Å². The zero-order valence-corrected chi connectivity index (χ0v) is 13.3. The number of methoxy groups -OCH3 is 1. The van der Waals surface area contributed by atoms with E-state index in [0.717, 1.165) is 30.0 Å². The van der Waals surface area contributed by atoms with Crippen LogP contribution in [0.1, 0.15) is 35.6 Å². The maximum atomic E-state index is 5.88. The van der Waals surface area contributed by atoms with Gasteiger partial charge in [0, 0.05) is 17.6 Å². The summed E-state index contributed by atoms with van der Waals surface area (Å²) in [7, 11) is 1.82. The first-order valence-corrected chi connectivity index (χ1v) is 8.41. The topological polar surface area (TPSA) is 48.1 Å². The van der Waals surface area contributed by atoms with Crippen LogP contribution >= 0.6 is 11.3 Å². The monoisotopic (exact) mass is 302 g/mol. The fraction of sp³-hybridized carbons (Fsp3) is 0.471. The van der Waals surface area contributed by atoms with Crippen molar-refractivity contribution in [1.82, 2.24) is 4.98 Å². The van der Waals surface area contributed by atoms with Gasteiger partial charge in [-0.1, -0.05) is 43.2 Å². The fourth-order valence-corrected chi connectivity index (χ4v) is 4.44. The van der Waals surface area contributed by atoms with Crippen molar-refractivity contribution >= 4 is 11.3 Å². The minimum atomic E-state index is -0.166. The minimum Gasteiger partial charge on any atom is -0.371 e. The van der Waals surface area contributed by atoms with Crippen molar-refractivity contribution in [3.8, 4) is 11.3 Å². The Labute approximate surface area is 130 Å². The molecule has 1 aromatic carbocycles. The Bertz CT molecular complexity index is 588. The Hall–Kier alpha value is -1.23. The van der Waals surface area contributed by atoms with Crippen molar-refractivity contribution in [2.24, 2.45) is 5.73 Å². The molecule has 2 aromatic rings. The summed E-state index contributed by atoms with van der Waals surface area (Å²) >= 11 is 1.78. The Kier molecular flexibility index (Phi) is 4.38. The smallest absolute Gasteiger partial charge is 0.126 e. The molecular formula is C17H22N2OS. The highest BCUT2D eigenvalue weighted by molar-refractivity contribution is 7.12. The lowest BCUT2D eigenvalue weighted by atomic mass is 10.0. The Morgan fingerprint density at radius 3 is 2.57 bits per heavy atom. The molecule has 2 N–H and O–H groups in total. The van der Waals surface area contributed by atoms with Crippen molar-refractivity contribution in [3.63, 3.8) is 0 Å². The van der Waals surface area contributed by atoms with Crippen LogP contribution in [-0.4, -0.2) is 18.6 Å². The van der Waals surface area contributed by atoms with Crippen LogP contribution in [0, 0.1) is 0 Å². The molecule has 1 saturated carbocycles. The van der Waals surface area contributed by atoms with Crippen molar-refractivity contribution in [3.05, 3.63) is 40.2 Å². The highest BCUT2D eigenvalue weighted by Crippen LogP contribution is 2.45. The summed E-state index contributed by atoms with van der Waals surface area (Å²) in [6, 6.07) is 10.4. The quantitative estimate of drug-likeness (QED) is 0.915. The average Bonchev–Trinajstić information content (AvgIpc) is 3.16. The Morgan fingerprint density at radius 1 is 1.24 bits per heavy atom. The van der Waals surface area contributed by atoms with Gasteiger partial charge in [-0.15, -0.1) is 11.3 Å². The molecule has 0 bridgehead atoms. The molecule has 0 radical (unpaired) electrons. The third-order valence-electron chi connectivity index (χ3n) is 4.31. The number of benzene rings is 1. The lowest BCUT2D eigenvalue weighted by Crippen LogP contribution is -2.24. The lowest BCUT2D eigenvalue weighted by molar-refractivity contribution is -0.00879. The number of ether oxygens (including phenoxy) is 1.